The molecule has 0 aliphatic carbocycles. The number of amides is 3. The van der Waals surface area contributed by atoms with Crippen molar-refractivity contribution >= 4 is 40.6 Å². The molecular formula is C15H14ClN3O2S. The third kappa shape index (κ3) is 3.23. The van der Waals surface area contributed by atoms with Crippen LogP contribution in [0.2, 0.25) is 5.02 Å². The number of thiophene rings is 1. The van der Waals surface area contributed by atoms with Gasteiger partial charge in [-0.05, 0) is 40.6 Å². The summed E-state index contributed by atoms with van der Waals surface area (Å²) in [6.07, 6.45) is 0. The summed E-state index contributed by atoms with van der Waals surface area (Å²) in [6.45, 7) is 0.751. The van der Waals surface area contributed by atoms with Crippen LogP contribution in [-0.2, 0) is 11.3 Å². The van der Waals surface area contributed by atoms with Crippen LogP contribution >= 0.6 is 22.9 Å². The molecule has 1 atom stereocenters. The molecule has 5 nitrogen and oxygen atoms in total. The molecule has 0 bridgehead atoms. The molecule has 7 heteroatoms. The van der Waals surface area contributed by atoms with Crippen LogP contribution in [0.1, 0.15) is 5.56 Å². The van der Waals surface area contributed by atoms with Crippen molar-refractivity contribution in [1.29, 1.82) is 0 Å². The number of hydrogen-bond donors (Lipinski definition) is 2. The van der Waals surface area contributed by atoms with Crippen molar-refractivity contribution in [2.45, 2.75) is 12.6 Å². The molecule has 1 aliphatic rings. The van der Waals surface area contributed by atoms with Gasteiger partial charge in [0.15, 0.2) is 0 Å². The topological polar surface area (TPSA) is 61.4 Å². The first kappa shape index (κ1) is 14.9. The number of nitrogens with zero attached hydrogens (tertiary/aromatic N) is 1. The number of carbonyl (C=O) groups is 2. The first-order valence-corrected chi connectivity index (χ1v) is 8.08. The zero-order chi connectivity index (χ0) is 15.5. The molecule has 3 amide bonds. The largest absolute Gasteiger partial charge is 0.350 e. The second kappa shape index (κ2) is 6.37. The van der Waals surface area contributed by atoms with Gasteiger partial charge in [-0.15, -0.1) is 0 Å². The van der Waals surface area contributed by atoms with E-state index in [9.17, 15) is 9.59 Å². The Bertz CT molecular complexity index is 690. The Hall–Kier alpha value is -2.05. The van der Waals surface area contributed by atoms with Gasteiger partial charge < -0.3 is 10.6 Å². The summed E-state index contributed by atoms with van der Waals surface area (Å²) in [5.41, 5.74) is 1.73. The molecule has 1 unspecified atom stereocenters. The molecule has 2 heterocycles. The predicted molar refractivity (Wildman–Crippen MR) is 87.3 cm³/mol. The smallest absolute Gasteiger partial charge is 0.322 e. The van der Waals surface area contributed by atoms with Gasteiger partial charge >= 0.3 is 6.03 Å². The highest BCUT2D eigenvalue weighted by molar-refractivity contribution is 7.07. The van der Waals surface area contributed by atoms with Gasteiger partial charge in [0.1, 0.15) is 6.04 Å². The summed E-state index contributed by atoms with van der Waals surface area (Å²) >= 11 is 7.52. The summed E-state index contributed by atoms with van der Waals surface area (Å²) in [6, 6.07) is 8.10. The Morgan fingerprint density at radius 1 is 1.45 bits per heavy atom. The van der Waals surface area contributed by atoms with Crippen molar-refractivity contribution in [3.63, 3.8) is 0 Å². The van der Waals surface area contributed by atoms with Crippen molar-refractivity contribution in [3.05, 3.63) is 51.7 Å². The van der Waals surface area contributed by atoms with Gasteiger partial charge in [-0.2, -0.15) is 11.3 Å². The number of urea groups is 1. The van der Waals surface area contributed by atoms with E-state index in [1.807, 2.05) is 16.8 Å². The van der Waals surface area contributed by atoms with E-state index < -0.39 is 6.04 Å². The van der Waals surface area contributed by atoms with Crippen molar-refractivity contribution in [3.8, 4) is 0 Å². The number of benzene rings is 1. The minimum Gasteiger partial charge on any atom is -0.350 e. The van der Waals surface area contributed by atoms with E-state index >= 15 is 0 Å². The fourth-order valence-corrected chi connectivity index (χ4v) is 3.11. The maximum absolute atomic E-state index is 12.2. The van der Waals surface area contributed by atoms with Crippen molar-refractivity contribution in [2.75, 3.05) is 11.4 Å². The molecule has 1 aromatic heterocycles. The minimum atomic E-state index is -0.565. The Balaban J connectivity index is 1.62. The number of anilines is 1. The second-order valence-corrected chi connectivity index (χ2v) is 6.16. The van der Waals surface area contributed by atoms with Crippen LogP contribution in [0.4, 0.5) is 10.5 Å². The fraction of sp³-hybridized carbons (Fsp3) is 0.200. The Labute approximate surface area is 136 Å². The second-order valence-electron chi connectivity index (χ2n) is 4.94. The molecule has 1 aromatic carbocycles. The van der Waals surface area contributed by atoms with Crippen molar-refractivity contribution < 1.29 is 9.59 Å². The molecule has 1 saturated heterocycles. The maximum Gasteiger partial charge on any atom is 0.322 e. The van der Waals surface area contributed by atoms with E-state index in [0.717, 1.165) is 5.56 Å². The summed E-state index contributed by atoms with van der Waals surface area (Å²) in [7, 11) is 0. The Morgan fingerprint density at radius 2 is 2.32 bits per heavy atom. The van der Waals surface area contributed by atoms with Crippen LogP contribution in [0.5, 0.6) is 0 Å². The number of hydrogen-bond acceptors (Lipinski definition) is 3. The lowest BCUT2D eigenvalue weighted by molar-refractivity contribution is -0.122. The normalized spacial score (nSPS) is 17.4. The molecule has 3 rings (SSSR count). The first-order valence-electron chi connectivity index (χ1n) is 6.76. The van der Waals surface area contributed by atoms with E-state index in [0.29, 0.717) is 17.3 Å². The van der Waals surface area contributed by atoms with Crippen LogP contribution in [0.3, 0.4) is 0 Å². The zero-order valence-electron chi connectivity index (χ0n) is 11.6. The van der Waals surface area contributed by atoms with Gasteiger partial charge in [0.05, 0.1) is 6.54 Å². The maximum atomic E-state index is 12.2. The highest BCUT2D eigenvalue weighted by atomic mass is 35.5. The molecule has 2 N–H and O–H groups in total. The van der Waals surface area contributed by atoms with E-state index in [1.165, 1.54) is 4.90 Å². The van der Waals surface area contributed by atoms with Crippen molar-refractivity contribution in [1.82, 2.24) is 10.6 Å². The van der Waals surface area contributed by atoms with E-state index in [2.05, 4.69) is 10.6 Å². The first-order chi connectivity index (χ1) is 10.6. The van der Waals surface area contributed by atoms with Crippen LogP contribution < -0.4 is 15.5 Å². The molecular weight excluding hydrogens is 322 g/mol. The number of halogens is 1. The third-order valence-corrected chi connectivity index (χ3v) is 4.36. The van der Waals surface area contributed by atoms with Gasteiger partial charge in [0.2, 0.25) is 5.91 Å². The van der Waals surface area contributed by atoms with E-state index in [-0.39, 0.29) is 18.5 Å². The monoisotopic (exact) mass is 335 g/mol. The average Bonchev–Trinajstić information content (AvgIpc) is 3.14. The standard InChI is InChI=1S/C15H14ClN3O2S/c16-11-2-1-3-12(6-11)19-8-13(18-15(19)21)14(20)17-7-10-4-5-22-9-10/h1-6,9,13H,7-8H2,(H,17,20)(H,18,21). The summed E-state index contributed by atoms with van der Waals surface area (Å²) in [5, 5.41) is 10.0. The average molecular weight is 336 g/mol. The van der Waals surface area contributed by atoms with E-state index in [4.69, 9.17) is 11.6 Å². The molecule has 22 heavy (non-hydrogen) atoms. The van der Waals surface area contributed by atoms with Gasteiger partial charge in [-0.25, -0.2) is 4.79 Å². The summed E-state index contributed by atoms with van der Waals surface area (Å²) in [5.74, 6) is -0.191. The van der Waals surface area contributed by atoms with Crippen molar-refractivity contribution in [2.24, 2.45) is 0 Å². The quantitative estimate of drug-likeness (QED) is 0.902. The summed E-state index contributed by atoms with van der Waals surface area (Å²) in [4.78, 5) is 25.7. The third-order valence-electron chi connectivity index (χ3n) is 3.39. The SMILES string of the molecule is O=C(NCc1ccsc1)C1CN(c2cccc(Cl)c2)C(=O)N1. The van der Waals surface area contributed by atoms with Crippen LogP contribution in [0, 0.1) is 0 Å². The molecule has 1 aliphatic heterocycles. The summed E-state index contributed by atoms with van der Waals surface area (Å²) < 4.78 is 0. The Morgan fingerprint density at radius 3 is 3.05 bits per heavy atom. The van der Waals surface area contributed by atoms with Crippen LogP contribution in [-0.4, -0.2) is 24.5 Å². The molecule has 0 saturated carbocycles. The molecule has 0 radical (unpaired) electrons. The highest BCUT2D eigenvalue weighted by Gasteiger charge is 2.34. The molecule has 2 aromatic rings. The molecule has 114 valence electrons. The minimum absolute atomic E-state index is 0.191. The van der Waals surface area contributed by atoms with Gasteiger partial charge in [-0.3, -0.25) is 9.69 Å². The van der Waals surface area contributed by atoms with Gasteiger partial charge in [0.25, 0.3) is 0 Å². The fourth-order valence-electron chi connectivity index (χ4n) is 2.26. The van der Waals surface area contributed by atoms with Crippen LogP contribution in [0.15, 0.2) is 41.1 Å². The number of nitrogens with one attached hydrogen (secondary N) is 2. The zero-order valence-corrected chi connectivity index (χ0v) is 13.2. The predicted octanol–water partition coefficient (Wildman–Crippen LogP) is 2.62. The lowest BCUT2D eigenvalue weighted by atomic mass is 10.2. The molecule has 0 spiro atoms. The number of rotatable bonds is 4. The number of carbonyl (C=O) groups excluding carboxylic acids is 2. The molecule has 1 fully saturated rings. The van der Waals surface area contributed by atoms with Crippen LogP contribution in [0.25, 0.3) is 0 Å². The lowest BCUT2D eigenvalue weighted by Crippen LogP contribution is -2.42. The highest BCUT2D eigenvalue weighted by Crippen LogP contribution is 2.22. The lowest BCUT2D eigenvalue weighted by Gasteiger charge is -2.14. The van der Waals surface area contributed by atoms with Gasteiger partial charge in [0, 0.05) is 17.3 Å². The van der Waals surface area contributed by atoms with E-state index in [1.54, 1.807) is 35.6 Å². The Kier molecular flexibility index (Phi) is 4.31. The van der Waals surface area contributed by atoms with Gasteiger partial charge in [-0.1, -0.05) is 17.7 Å².